The Morgan fingerprint density at radius 3 is 2.89 bits per heavy atom. The minimum Gasteiger partial charge on any atom is -0.307 e. The molecule has 19 heavy (non-hydrogen) atoms. The molecule has 0 amide bonds. The van der Waals surface area contributed by atoms with Gasteiger partial charge in [-0.15, -0.1) is 11.3 Å². The summed E-state index contributed by atoms with van der Waals surface area (Å²) in [6.45, 7) is 1.68. The van der Waals surface area contributed by atoms with Crippen LogP contribution in [-0.2, 0) is 13.1 Å². The van der Waals surface area contributed by atoms with Gasteiger partial charge in [-0.3, -0.25) is 4.98 Å². The number of hydrogen-bond donors (Lipinski definition) is 1. The summed E-state index contributed by atoms with van der Waals surface area (Å²) >= 11 is 3.36. The van der Waals surface area contributed by atoms with Gasteiger partial charge in [0, 0.05) is 24.7 Å². The van der Waals surface area contributed by atoms with E-state index < -0.39 is 0 Å². The second-order valence-electron chi connectivity index (χ2n) is 4.09. The van der Waals surface area contributed by atoms with Gasteiger partial charge in [-0.05, 0) is 34.5 Å². The average Bonchev–Trinajstić information content (AvgIpc) is 3.11. The quantitative estimate of drug-likeness (QED) is 0.779. The van der Waals surface area contributed by atoms with Crippen LogP contribution in [0.2, 0.25) is 0 Å². The minimum absolute atomic E-state index is 0.791. The second-order valence-corrected chi connectivity index (χ2v) is 5.73. The molecule has 3 aromatic heterocycles. The normalized spacial score (nSPS) is 10.7. The Morgan fingerprint density at radius 1 is 1.11 bits per heavy atom. The molecule has 0 aliphatic heterocycles. The van der Waals surface area contributed by atoms with Crippen molar-refractivity contribution in [3.63, 3.8) is 0 Å². The lowest BCUT2D eigenvalue weighted by Gasteiger charge is -1.99. The number of nitrogens with zero attached hydrogens (tertiary/aromatic N) is 2. The van der Waals surface area contributed by atoms with Gasteiger partial charge in [0.15, 0.2) is 0 Å². The molecule has 3 aromatic rings. The fourth-order valence-corrected chi connectivity index (χ4v) is 3.19. The SMILES string of the molecule is c1ccc(-c2nc(CNCc3ccsc3)cs2)nc1. The van der Waals surface area contributed by atoms with Gasteiger partial charge in [-0.2, -0.15) is 11.3 Å². The van der Waals surface area contributed by atoms with Crippen molar-refractivity contribution in [3.8, 4) is 10.7 Å². The van der Waals surface area contributed by atoms with E-state index in [-0.39, 0.29) is 0 Å². The number of nitrogens with one attached hydrogen (secondary N) is 1. The number of rotatable bonds is 5. The van der Waals surface area contributed by atoms with Crippen LogP contribution in [0.25, 0.3) is 10.7 Å². The fourth-order valence-electron chi connectivity index (χ4n) is 1.72. The lowest BCUT2D eigenvalue weighted by molar-refractivity contribution is 0.684. The molecule has 0 unspecified atom stereocenters. The monoisotopic (exact) mass is 287 g/mol. The summed E-state index contributed by atoms with van der Waals surface area (Å²) in [6, 6.07) is 8.03. The van der Waals surface area contributed by atoms with E-state index in [0.717, 1.165) is 29.5 Å². The molecule has 0 bridgehead atoms. The van der Waals surface area contributed by atoms with Crippen LogP contribution in [0.4, 0.5) is 0 Å². The molecular formula is C14H13N3S2. The highest BCUT2D eigenvalue weighted by Crippen LogP contribution is 2.21. The standard InChI is InChI=1S/C14H13N3S2/c1-2-5-16-13(3-1)14-17-12(10-19-14)8-15-7-11-4-6-18-9-11/h1-6,9-10,15H,7-8H2. The maximum atomic E-state index is 4.60. The summed E-state index contributed by atoms with van der Waals surface area (Å²) in [7, 11) is 0. The summed E-state index contributed by atoms with van der Waals surface area (Å²) in [6.07, 6.45) is 1.80. The highest BCUT2D eigenvalue weighted by Gasteiger charge is 2.05. The average molecular weight is 287 g/mol. The summed E-state index contributed by atoms with van der Waals surface area (Å²) in [5, 5.41) is 10.7. The highest BCUT2D eigenvalue weighted by atomic mass is 32.1. The smallest absolute Gasteiger partial charge is 0.142 e. The number of hydrogen-bond acceptors (Lipinski definition) is 5. The molecule has 0 spiro atoms. The van der Waals surface area contributed by atoms with Gasteiger partial charge in [0.05, 0.1) is 11.4 Å². The van der Waals surface area contributed by atoms with Gasteiger partial charge in [-0.1, -0.05) is 6.07 Å². The predicted molar refractivity (Wildman–Crippen MR) is 80.2 cm³/mol. The maximum Gasteiger partial charge on any atom is 0.142 e. The van der Waals surface area contributed by atoms with Gasteiger partial charge in [0.1, 0.15) is 5.01 Å². The summed E-state index contributed by atoms with van der Waals surface area (Å²) < 4.78 is 0. The van der Waals surface area contributed by atoms with Crippen molar-refractivity contribution < 1.29 is 0 Å². The Hall–Kier alpha value is -1.56. The number of aromatic nitrogens is 2. The van der Waals surface area contributed by atoms with Crippen LogP contribution in [0.1, 0.15) is 11.3 Å². The van der Waals surface area contributed by atoms with E-state index in [4.69, 9.17) is 0 Å². The molecule has 0 aliphatic carbocycles. The van der Waals surface area contributed by atoms with Crippen LogP contribution in [0.3, 0.4) is 0 Å². The van der Waals surface area contributed by atoms with Crippen molar-refractivity contribution in [3.05, 3.63) is 57.9 Å². The van der Waals surface area contributed by atoms with Crippen LogP contribution in [0.5, 0.6) is 0 Å². The van der Waals surface area contributed by atoms with Crippen molar-refractivity contribution in [2.75, 3.05) is 0 Å². The van der Waals surface area contributed by atoms with Crippen LogP contribution in [-0.4, -0.2) is 9.97 Å². The van der Waals surface area contributed by atoms with E-state index in [1.807, 2.05) is 18.2 Å². The van der Waals surface area contributed by atoms with Gasteiger partial charge >= 0.3 is 0 Å². The lowest BCUT2D eigenvalue weighted by Crippen LogP contribution is -2.12. The Kier molecular flexibility index (Phi) is 3.98. The van der Waals surface area contributed by atoms with Crippen LogP contribution < -0.4 is 5.32 Å². The molecule has 3 rings (SSSR count). The molecule has 3 nitrogen and oxygen atoms in total. The lowest BCUT2D eigenvalue weighted by atomic mass is 10.3. The van der Waals surface area contributed by atoms with Crippen molar-refractivity contribution in [2.24, 2.45) is 0 Å². The topological polar surface area (TPSA) is 37.8 Å². The molecule has 1 N–H and O–H groups in total. The Bertz CT molecular complexity index is 617. The molecule has 0 radical (unpaired) electrons. The zero-order valence-corrected chi connectivity index (χ0v) is 11.9. The summed E-state index contributed by atoms with van der Waals surface area (Å²) in [5.74, 6) is 0. The highest BCUT2D eigenvalue weighted by molar-refractivity contribution is 7.13. The van der Waals surface area contributed by atoms with Crippen molar-refractivity contribution in [1.29, 1.82) is 0 Å². The molecule has 0 fully saturated rings. The molecular weight excluding hydrogens is 274 g/mol. The van der Waals surface area contributed by atoms with E-state index in [2.05, 4.69) is 37.5 Å². The summed E-state index contributed by atoms with van der Waals surface area (Å²) in [5.41, 5.74) is 3.34. The zero-order chi connectivity index (χ0) is 12.9. The van der Waals surface area contributed by atoms with E-state index in [9.17, 15) is 0 Å². The number of thiazole rings is 1. The summed E-state index contributed by atoms with van der Waals surface area (Å²) in [4.78, 5) is 8.91. The van der Waals surface area contributed by atoms with Gasteiger partial charge in [-0.25, -0.2) is 4.98 Å². The third-order valence-corrected chi connectivity index (χ3v) is 4.30. The first-order valence-corrected chi connectivity index (χ1v) is 7.81. The van der Waals surface area contributed by atoms with E-state index in [0.29, 0.717) is 0 Å². The second kappa shape index (κ2) is 6.06. The molecule has 0 aliphatic rings. The first-order chi connectivity index (χ1) is 9.42. The molecule has 0 saturated heterocycles. The molecule has 0 aromatic carbocycles. The van der Waals surface area contributed by atoms with Crippen molar-refractivity contribution in [1.82, 2.24) is 15.3 Å². The van der Waals surface area contributed by atoms with Gasteiger partial charge in [0.25, 0.3) is 0 Å². The third kappa shape index (κ3) is 3.26. The molecule has 3 heterocycles. The Balaban J connectivity index is 1.59. The van der Waals surface area contributed by atoms with Gasteiger partial charge < -0.3 is 5.32 Å². The number of pyridine rings is 1. The van der Waals surface area contributed by atoms with E-state index in [1.54, 1.807) is 28.9 Å². The van der Waals surface area contributed by atoms with Crippen molar-refractivity contribution in [2.45, 2.75) is 13.1 Å². The first kappa shape index (κ1) is 12.5. The van der Waals surface area contributed by atoms with Crippen LogP contribution in [0, 0.1) is 0 Å². The van der Waals surface area contributed by atoms with E-state index in [1.165, 1.54) is 5.56 Å². The van der Waals surface area contributed by atoms with Crippen molar-refractivity contribution >= 4 is 22.7 Å². The van der Waals surface area contributed by atoms with Crippen LogP contribution in [0.15, 0.2) is 46.6 Å². The molecule has 0 atom stereocenters. The van der Waals surface area contributed by atoms with E-state index >= 15 is 0 Å². The molecule has 0 saturated carbocycles. The Labute approximate surface area is 120 Å². The predicted octanol–water partition coefficient (Wildman–Crippen LogP) is 3.56. The minimum atomic E-state index is 0.791. The maximum absolute atomic E-state index is 4.60. The van der Waals surface area contributed by atoms with Gasteiger partial charge in [0.2, 0.25) is 0 Å². The third-order valence-electron chi connectivity index (χ3n) is 2.65. The molecule has 5 heteroatoms. The fraction of sp³-hybridized carbons (Fsp3) is 0.143. The molecule has 96 valence electrons. The first-order valence-electron chi connectivity index (χ1n) is 5.99. The Morgan fingerprint density at radius 2 is 2.11 bits per heavy atom. The van der Waals surface area contributed by atoms with Crippen LogP contribution >= 0.6 is 22.7 Å². The largest absolute Gasteiger partial charge is 0.307 e. The zero-order valence-electron chi connectivity index (χ0n) is 10.2. The number of thiophene rings is 1.